The van der Waals surface area contributed by atoms with Crippen LogP contribution in [-0.4, -0.2) is 54.1 Å². The van der Waals surface area contributed by atoms with Crippen molar-refractivity contribution in [2.75, 3.05) is 32.1 Å². The first-order chi connectivity index (χ1) is 8.45. The van der Waals surface area contributed by atoms with Crippen molar-refractivity contribution in [3.63, 3.8) is 0 Å². The highest BCUT2D eigenvalue weighted by atomic mass is 16.4. The third kappa shape index (κ3) is 3.44. The van der Waals surface area contributed by atoms with E-state index in [1.165, 1.54) is 17.2 Å². The standard InChI is InChI=1S/C12H17N3O3/c1-4-15(8-11(16)14(2)3)9-5-6-13-10(7-9)12(17)18/h5-7H,4,8H2,1-3H3,(H,17,18). The van der Waals surface area contributed by atoms with Crippen molar-refractivity contribution >= 4 is 17.6 Å². The summed E-state index contributed by atoms with van der Waals surface area (Å²) in [6.07, 6.45) is 1.43. The molecular weight excluding hydrogens is 234 g/mol. The number of carbonyl (C=O) groups excluding carboxylic acids is 1. The highest BCUT2D eigenvalue weighted by Crippen LogP contribution is 2.14. The van der Waals surface area contributed by atoms with Gasteiger partial charge in [0.1, 0.15) is 5.69 Å². The summed E-state index contributed by atoms with van der Waals surface area (Å²) in [5.41, 5.74) is 0.656. The van der Waals surface area contributed by atoms with Gasteiger partial charge in [0.25, 0.3) is 0 Å². The Bertz CT molecular complexity index is 446. The molecule has 1 heterocycles. The minimum atomic E-state index is -1.08. The average molecular weight is 251 g/mol. The van der Waals surface area contributed by atoms with Gasteiger partial charge in [-0.3, -0.25) is 4.79 Å². The number of carbonyl (C=O) groups is 2. The molecule has 1 aromatic heterocycles. The molecule has 0 saturated carbocycles. The third-order valence-electron chi connectivity index (χ3n) is 2.53. The minimum Gasteiger partial charge on any atom is -0.477 e. The molecule has 0 unspecified atom stereocenters. The molecule has 98 valence electrons. The zero-order chi connectivity index (χ0) is 13.7. The summed E-state index contributed by atoms with van der Waals surface area (Å²) in [5, 5.41) is 8.88. The third-order valence-corrected chi connectivity index (χ3v) is 2.53. The van der Waals surface area contributed by atoms with Gasteiger partial charge in [0, 0.05) is 32.5 Å². The largest absolute Gasteiger partial charge is 0.477 e. The minimum absolute atomic E-state index is 0.0248. The summed E-state index contributed by atoms with van der Waals surface area (Å²) in [4.78, 5) is 29.5. The van der Waals surface area contributed by atoms with E-state index in [1.54, 1.807) is 25.1 Å². The Morgan fingerprint density at radius 1 is 1.39 bits per heavy atom. The number of aromatic carboxylic acids is 1. The maximum absolute atomic E-state index is 11.7. The number of likely N-dealkylation sites (N-methyl/N-ethyl adjacent to an activating group) is 2. The first-order valence-corrected chi connectivity index (χ1v) is 5.60. The van der Waals surface area contributed by atoms with Crippen LogP contribution in [0.2, 0.25) is 0 Å². The molecule has 1 amide bonds. The number of hydrogen-bond acceptors (Lipinski definition) is 4. The van der Waals surface area contributed by atoms with Crippen LogP contribution in [0.15, 0.2) is 18.3 Å². The Balaban J connectivity index is 2.91. The molecule has 18 heavy (non-hydrogen) atoms. The molecule has 0 aromatic carbocycles. The van der Waals surface area contributed by atoms with E-state index >= 15 is 0 Å². The van der Waals surface area contributed by atoms with Gasteiger partial charge in [-0.25, -0.2) is 9.78 Å². The fourth-order valence-corrected chi connectivity index (χ4v) is 1.42. The van der Waals surface area contributed by atoms with Gasteiger partial charge in [-0.15, -0.1) is 0 Å². The maximum Gasteiger partial charge on any atom is 0.354 e. The summed E-state index contributed by atoms with van der Waals surface area (Å²) in [5.74, 6) is -1.11. The molecule has 0 radical (unpaired) electrons. The molecule has 6 nitrogen and oxygen atoms in total. The van der Waals surface area contributed by atoms with Crippen molar-refractivity contribution in [3.8, 4) is 0 Å². The van der Waals surface area contributed by atoms with Gasteiger partial charge in [-0.05, 0) is 19.1 Å². The van der Waals surface area contributed by atoms with Crippen LogP contribution < -0.4 is 4.90 Å². The number of aromatic nitrogens is 1. The van der Waals surface area contributed by atoms with E-state index in [-0.39, 0.29) is 18.1 Å². The Hall–Kier alpha value is -2.11. The number of anilines is 1. The first kappa shape index (κ1) is 14.0. The van der Waals surface area contributed by atoms with E-state index in [9.17, 15) is 9.59 Å². The number of amides is 1. The quantitative estimate of drug-likeness (QED) is 0.833. The molecular formula is C12H17N3O3. The highest BCUT2D eigenvalue weighted by molar-refractivity contribution is 5.87. The number of carboxylic acid groups (broad SMARTS) is 1. The second-order valence-corrected chi connectivity index (χ2v) is 4.01. The Labute approximate surface area is 106 Å². The lowest BCUT2D eigenvalue weighted by Crippen LogP contribution is -2.36. The van der Waals surface area contributed by atoms with Crippen LogP contribution >= 0.6 is 0 Å². The molecule has 1 aromatic rings. The molecule has 0 aliphatic carbocycles. The van der Waals surface area contributed by atoms with E-state index in [2.05, 4.69) is 4.98 Å². The second kappa shape index (κ2) is 6.00. The fourth-order valence-electron chi connectivity index (χ4n) is 1.42. The van der Waals surface area contributed by atoms with Gasteiger partial charge in [0.2, 0.25) is 5.91 Å². The van der Waals surface area contributed by atoms with Gasteiger partial charge in [-0.2, -0.15) is 0 Å². The summed E-state index contributed by atoms with van der Waals surface area (Å²) in [6.45, 7) is 2.74. The van der Waals surface area contributed by atoms with Gasteiger partial charge in [-0.1, -0.05) is 0 Å². The number of carboxylic acids is 1. The SMILES string of the molecule is CCN(CC(=O)N(C)C)c1ccnc(C(=O)O)c1. The fraction of sp³-hybridized carbons (Fsp3) is 0.417. The Morgan fingerprint density at radius 3 is 2.56 bits per heavy atom. The highest BCUT2D eigenvalue weighted by Gasteiger charge is 2.13. The molecule has 0 aliphatic rings. The number of hydrogen-bond donors (Lipinski definition) is 1. The molecule has 0 bridgehead atoms. The van der Waals surface area contributed by atoms with Crippen molar-refractivity contribution in [1.82, 2.24) is 9.88 Å². The molecule has 0 saturated heterocycles. The van der Waals surface area contributed by atoms with E-state index in [0.717, 1.165) is 0 Å². The zero-order valence-electron chi connectivity index (χ0n) is 10.8. The molecule has 1 N–H and O–H groups in total. The van der Waals surface area contributed by atoms with Gasteiger partial charge < -0.3 is 14.9 Å². The molecule has 1 rings (SSSR count). The number of rotatable bonds is 5. The monoisotopic (exact) mass is 251 g/mol. The normalized spacial score (nSPS) is 9.94. The van der Waals surface area contributed by atoms with E-state index in [1.807, 2.05) is 6.92 Å². The van der Waals surface area contributed by atoms with Gasteiger partial charge >= 0.3 is 5.97 Å². The lowest BCUT2D eigenvalue weighted by Gasteiger charge is -2.24. The maximum atomic E-state index is 11.7. The lowest BCUT2D eigenvalue weighted by atomic mass is 10.2. The van der Waals surface area contributed by atoms with Gasteiger partial charge in [0.15, 0.2) is 0 Å². The number of pyridine rings is 1. The predicted octanol–water partition coefficient (Wildman–Crippen LogP) is 0.694. The van der Waals surface area contributed by atoms with Crippen molar-refractivity contribution in [3.05, 3.63) is 24.0 Å². The average Bonchev–Trinajstić information content (AvgIpc) is 2.35. The van der Waals surface area contributed by atoms with Crippen LogP contribution in [0.3, 0.4) is 0 Å². The molecule has 0 aliphatic heterocycles. The van der Waals surface area contributed by atoms with Crippen molar-refractivity contribution in [1.29, 1.82) is 0 Å². The lowest BCUT2D eigenvalue weighted by molar-refractivity contribution is -0.127. The smallest absolute Gasteiger partial charge is 0.354 e. The van der Waals surface area contributed by atoms with Crippen LogP contribution in [0.4, 0.5) is 5.69 Å². The van der Waals surface area contributed by atoms with Crippen molar-refractivity contribution < 1.29 is 14.7 Å². The van der Waals surface area contributed by atoms with E-state index in [0.29, 0.717) is 12.2 Å². The van der Waals surface area contributed by atoms with Crippen LogP contribution in [0.25, 0.3) is 0 Å². The van der Waals surface area contributed by atoms with E-state index in [4.69, 9.17) is 5.11 Å². The zero-order valence-corrected chi connectivity index (χ0v) is 10.8. The number of nitrogens with zero attached hydrogens (tertiary/aromatic N) is 3. The second-order valence-electron chi connectivity index (χ2n) is 4.01. The predicted molar refractivity (Wildman–Crippen MR) is 67.8 cm³/mol. The van der Waals surface area contributed by atoms with E-state index < -0.39 is 5.97 Å². The van der Waals surface area contributed by atoms with Crippen LogP contribution in [0, 0.1) is 0 Å². The summed E-state index contributed by atoms with van der Waals surface area (Å²) in [7, 11) is 3.37. The summed E-state index contributed by atoms with van der Waals surface area (Å²) in [6, 6.07) is 3.16. The molecule has 0 atom stereocenters. The van der Waals surface area contributed by atoms with Crippen LogP contribution in [0.5, 0.6) is 0 Å². The van der Waals surface area contributed by atoms with Gasteiger partial charge in [0.05, 0.1) is 6.54 Å². The molecule has 0 fully saturated rings. The topological polar surface area (TPSA) is 73.7 Å². The van der Waals surface area contributed by atoms with Crippen molar-refractivity contribution in [2.24, 2.45) is 0 Å². The summed E-state index contributed by atoms with van der Waals surface area (Å²) >= 11 is 0. The Morgan fingerprint density at radius 2 is 2.06 bits per heavy atom. The molecule has 6 heteroatoms. The van der Waals surface area contributed by atoms with Crippen LogP contribution in [0.1, 0.15) is 17.4 Å². The van der Waals surface area contributed by atoms with Crippen molar-refractivity contribution in [2.45, 2.75) is 6.92 Å². The first-order valence-electron chi connectivity index (χ1n) is 5.60. The molecule has 0 spiro atoms. The Kier molecular flexibility index (Phi) is 4.65. The summed E-state index contributed by atoms with van der Waals surface area (Å²) < 4.78 is 0. The van der Waals surface area contributed by atoms with Crippen LogP contribution in [-0.2, 0) is 4.79 Å².